The molecule has 1 atom stereocenters. The van der Waals surface area contributed by atoms with Crippen LogP contribution in [0.1, 0.15) is 50.4 Å². The number of hydrogen-bond acceptors (Lipinski definition) is 7. The summed E-state index contributed by atoms with van der Waals surface area (Å²) < 4.78 is 25.9. The molecule has 4 aromatic rings. The summed E-state index contributed by atoms with van der Waals surface area (Å²) in [7, 11) is 1.26. The molecule has 1 aliphatic carbocycles. The van der Waals surface area contributed by atoms with E-state index in [9.17, 15) is 9.59 Å². The van der Waals surface area contributed by atoms with Gasteiger partial charge in [0, 0.05) is 11.0 Å². The standard InChI is InChI=1S/C32H30FN3O4S/c1-31(2,3)40-30(38)36-18-20(17-25(36)29(37)39-4)19-10-11-22(23(33)16-19)27-34-24-12-13-26(35-28(24)41-27)32(14-15-32)21-8-6-5-7-9-21/h5-13,16-17,25H,14-15,18H2,1-4H3. The molecule has 2 aliphatic rings. The molecule has 0 radical (unpaired) electrons. The number of aromatic nitrogens is 2. The highest BCUT2D eigenvalue weighted by Gasteiger charge is 2.47. The van der Waals surface area contributed by atoms with Crippen LogP contribution in [0.5, 0.6) is 0 Å². The molecule has 41 heavy (non-hydrogen) atoms. The van der Waals surface area contributed by atoms with Crippen molar-refractivity contribution in [3.63, 3.8) is 0 Å². The summed E-state index contributed by atoms with van der Waals surface area (Å²) in [5.41, 5.74) is 3.78. The Morgan fingerprint density at radius 1 is 1.05 bits per heavy atom. The molecule has 0 saturated heterocycles. The molecule has 6 rings (SSSR count). The molecule has 1 aliphatic heterocycles. The van der Waals surface area contributed by atoms with Crippen LogP contribution >= 0.6 is 11.3 Å². The summed E-state index contributed by atoms with van der Waals surface area (Å²) in [6, 6.07) is 18.3. The molecular formula is C32H30FN3O4S. The molecule has 1 fully saturated rings. The van der Waals surface area contributed by atoms with Gasteiger partial charge in [-0.05, 0) is 80.7 Å². The molecule has 0 spiro atoms. The second kappa shape index (κ2) is 10.1. The van der Waals surface area contributed by atoms with E-state index < -0.39 is 29.5 Å². The molecule has 2 aromatic heterocycles. The number of fused-ring (bicyclic) bond motifs is 1. The number of carbonyl (C=O) groups excluding carboxylic acids is 2. The van der Waals surface area contributed by atoms with Crippen molar-refractivity contribution in [3.05, 3.63) is 89.4 Å². The number of hydrogen-bond donors (Lipinski definition) is 0. The van der Waals surface area contributed by atoms with E-state index >= 15 is 4.39 Å². The number of carbonyl (C=O) groups is 2. The summed E-state index contributed by atoms with van der Waals surface area (Å²) in [5.74, 6) is -1.04. The number of ether oxygens (including phenoxy) is 2. The first-order valence-electron chi connectivity index (χ1n) is 13.5. The number of thiazole rings is 1. The summed E-state index contributed by atoms with van der Waals surface area (Å²) >= 11 is 1.37. The Hall–Kier alpha value is -4.11. The molecule has 2 aromatic carbocycles. The Balaban J connectivity index is 1.27. The minimum atomic E-state index is -0.956. The number of amides is 1. The molecule has 9 heteroatoms. The monoisotopic (exact) mass is 571 g/mol. The molecule has 0 N–H and O–H groups in total. The fraction of sp³-hybridized carbons (Fsp3) is 0.312. The predicted octanol–water partition coefficient (Wildman–Crippen LogP) is 6.75. The van der Waals surface area contributed by atoms with E-state index in [0.29, 0.717) is 21.7 Å². The van der Waals surface area contributed by atoms with E-state index in [1.54, 1.807) is 39.0 Å². The molecular weight excluding hydrogens is 541 g/mol. The van der Waals surface area contributed by atoms with Crippen molar-refractivity contribution < 1.29 is 23.5 Å². The van der Waals surface area contributed by atoms with Crippen LogP contribution in [-0.4, -0.2) is 52.2 Å². The Labute approximate surface area is 241 Å². The quantitative estimate of drug-likeness (QED) is 0.247. The lowest BCUT2D eigenvalue weighted by Crippen LogP contribution is -2.44. The Morgan fingerprint density at radius 3 is 2.46 bits per heavy atom. The summed E-state index contributed by atoms with van der Waals surface area (Å²) in [4.78, 5) is 36.9. The van der Waals surface area contributed by atoms with Gasteiger partial charge in [-0.25, -0.2) is 23.9 Å². The van der Waals surface area contributed by atoms with Gasteiger partial charge >= 0.3 is 12.1 Å². The molecule has 1 amide bonds. The zero-order valence-corrected chi connectivity index (χ0v) is 24.1. The van der Waals surface area contributed by atoms with Crippen molar-refractivity contribution in [2.75, 3.05) is 13.7 Å². The van der Waals surface area contributed by atoms with Crippen molar-refractivity contribution in [2.45, 2.75) is 50.7 Å². The maximum Gasteiger partial charge on any atom is 0.411 e. The summed E-state index contributed by atoms with van der Waals surface area (Å²) in [5, 5.41) is 0.543. The molecule has 210 valence electrons. The van der Waals surface area contributed by atoms with Crippen LogP contribution in [0.2, 0.25) is 0 Å². The smallest absolute Gasteiger partial charge is 0.411 e. The van der Waals surface area contributed by atoms with Crippen LogP contribution in [0, 0.1) is 5.82 Å². The highest BCUT2D eigenvalue weighted by atomic mass is 32.1. The lowest BCUT2D eigenvalue weighted by molar-refractivity contribution is -0.144. The van der Waals surface area contributed by atoms with E-state index in [2.05, 4.69) is 29.2 Å². The zero-order valence-electron chi connectivity index (χ0n) is 23.3. The molecule has 1 saturated carbocycles. The van der Waals surface area contributed by atoms with Crippen molar-refractivity contribution >= 4 is 39.3 Å². The first kappa shape index (κ1) is 27.1. The minimum Gasteiger partial charge on any atom is -0.467 e. The van der Waals surface area contributed by atoms with Crippen molar-refractivity contribution in [1.29, 1.82) is 0 Å². The van der Waals surface area contributed by atoms with Gasteiger partial charge in [-0.1, -0.05) is 47.7 Å². The van der Waals surface area contributed by atoms with Gasteiger partial charge in [-0.3, -0.25) is 4.90 Å². The van der Waals surface area contributed by atoms with Crippen LogP contribution in [0.15, 0.2) is 66.7 Å². The Morgan fingerprint density at radius 2 is 1.80 bits per heavy atom. The first-order chi connectivity index (χ1) is 19.6. The maximum absolute atomic E-state index is 15.5. The van der Waals surface area contributed by atoms with Crippen LogP contribution < -0.4 is 0 Å². The van der Waals surface area contributed by atoms with Crippen LogP contribution in [-0.2, 0) is 19.7 Å². The Bertz CT molecular complexity index is 1690. The van der Waals surface area contributed by atoms with E-state index in [1.807, 2.05) is 18.2 Å². The van der Waals surface area contributed by atoms with E-state index in [1.165, 1.54) is 35.0 Å². The molecule has 0 bridgehead atoms. The van der Waals surface area contributed by atoms with Gasteiger partial charge in [0.05, 0.1) is 19.3 Å². The second-order valence-corrected chi connectivity index (χ2v) is 12.4. The average Bonchev–Trinajstić information content (AvgIpc) is 3.45. The topological polar surface area (TPSA) is 81.6 Å². The molecule has 3 heterocycles. The van der Waals surface area contributed by atoms with Gasteiger partial charge in [-0.15, -0.1) is 0 Å². The van der Waals surface area contributed by atoms with Crippen molar-refractivity contribution in [3.8, 4) is 10.6 Å². The third-order valence-electron chi connectivity index (χ3n) is 7.50. The minimum absolute atomic E-state index is 0.0588. The fourth-order valence-corrected chi connectivity index (χ4v) is 6.24. The third kappa shape index (κ3) is 5.10. The van der Waals surface area contributed by atoms with Gasteiger partial charge in [0.2, 0.25) is 0 Å². The highest BCUT2D eigenvalue weighted by molar-refractivity contribution is 7.21. The number of methoxy groups -OCH3 is 1. The van der Waals surface area contributed by atoms with Crippen molar-refractivity contribution in [1.82, 2.24) is 14.9 Å². The zero-order chi connectivity index (χ0) is 28.9. The lowest BCUT2D eigenvalue weighted by atomic mass is 9.92. The SMILES string of the molecule is COC(=O)C1C=C(c2ccc(-c3nc4ccc(C5(c6ccccc6)CC5)nc4s3)c(F)c2)CN1C(=O)OC(C)(C)C. The Kier molecular flexibility index (Phi) is 6.65. The average molecular weight is 572 g/mol. The fourth-order valence-electron chi connectivity index (χ4n) is 5.28. The predicted molar refractivity (Wildman–Crippen MR) is 156 cm³/mol. The van der Waals surface area contributed by atoms with Gasteiger partial charge in [0.25, 0.3) is 0 Å². The van der Waals surface area contributed by atoms with Gasteiger partial charge in [0.15, 0.2) is 6.04 Å². The molecule has 1 unspecified atom stereocenters. The number of rotatable bonds is 5. The first-order valence-corrected chi connectivity index (χ1v) is 14.3. The van der Waals surface area contributed by atoms with Gasteiger partial charge in [-0.2, -0.15) is 0 Å². The second-order valence-electron chi connectivity index (χ2n) is 11.5. The van der Waals surface area contributed by atoms with Crippen molar-refractivity contribution in [2.24, 2.45) is 0 Å². The highest BCUT2D eigenvalue weighted by Crippen LogP contribution is 2.53. The summed E-state index contributed by atoms with van der Waals surface area (Å²) in [6.45, 7) is 5.34. The number of pyridine rings is 1. The maximum atomic E-state index is 15.5. The van der Waals surface area contributed by atoms with E-state index in [0.717, 1.165) is 28.9 Å². The van der Waals surface area contributed by atoms with Crippen LogP contribution in [0.3, 0.4) is 0 Å². The molecule has 7 nitrogen and oxygen atoms in total. The van der Waals surface area contributed by atoms with Crippen LogP contribution in [0.4, 0.5) is 9.18 Å². The number of halogens is 1. The van der Waals surface area contributed by atoms with Crippen LogP contribution in [0.25, 0.3) is 26.5 Å². The lowest BCUT2D eigenvalue weighted by Gasteiger charge is -2.27. The van der Waals surface area contributed by atoms with E-state index in [-0.39, 0.29) is 12.0 Å². The van der Waals surface area contributed by atoms with E-state index in [4.69, 9.17) is 14.5 Å². The number of nitrogens with zero attached hydrogens (tertiary/aromatic N) is 3. The summed E-state index contributed by atoms with van der Waals surface area (Å²) in [6.07, 6.45) is 3.08. The van der Waals surface area contributed by atoms with Gasteiger partial charge in [0.1, 0.15) is 26.8 Å². The number of benzene rings is 2. The normalized spacial score (nSPS) is 17.8. The number of esters is 1. The van der Waals surface area contributed by atoms with Gasteiger partial charge < -0.3 is 9.47 Å². The largest absolute Gasteiger partial charge is 0.467 e. The third-order valence-corrected chi connectivity index (χ3v) is 8.50.